The molecule has 3 nitrogen and oxygen atoms in total. The van der Waals surface area contributed by atoms with E-state index in [1.165, 1.54) is 5.56 Å². The Morgan fingerprint density at radius 3 is 2.90 bits per heavy atom. The molecular formula is C7H7N3. The molecule has 0 aliphatic heterocycles. The summed E-state index contributed by atoms with van der Waals surface area (Å²) in [5, 5.41) is 8.67. The van der Waals surface area contributed by atoms with Gasteiger partial charge in [0.05, 0.1) is 17.9 Å². The molecule has 2 aromatic rings. The molecule has 2 rings (SSSR count). The minimum absolute atomic E-state index is 1.05. The van der Waals surface area contributed by atoms with Gasteiger partial charge in [-0.2, -0.15) is 10.2 Å². The number of nitrogens with one attached hydrogen (secondary N) is 1. The Labute approximate surface area is 58.1 Å². The second kappa shape index (κ2) is 1.80. The summed E-state index contributed by atoms with van der Waals surface area (Å²) in [4.78, 5) is 3.09. The van der Waals surface area contributed by atoms with Crippen LogP contribution in [0.1, 0.15) is 5.56 Å². The van der Waals surface area contributed by atoms with Crippen molar-refractivity contribution < 1.29 is 0 Å². The minimum Gasteiger partial charge on any atom is -0.360 e. The highest BCUT2D eigenvalue weighted by Gasteiger charge is 1.96. The van der Waals surface area contributed by atoms with Crippen LogP contribution < -0.4 is 0 Å². The largest absolute Gasteiger partial charge is 0.360 e. The normalized spacial score (nSPS) is 10.5. The molecule has 2 aromatic heterocycles. The van der Waals surface area contributed by atoms with Gasteiger partial charge in [0.25, 0.3) is 0 Å². The maximum atomic E-state index is 3.78. The highest BCUT2D eigenvalue weighted by atomic mass is 15.1. The summed E-state index contributed by atoms with van der Waals surface area (Å²) < 4.78 is 0. The number of fused-ring (bicyclic) bond motifs is 1. The molecule has 0 aliphatic carbocycles. The van der Waals surface area contributed by atoms with Crippen molar-refractivity contribution in [3.05, 3.63) is 24.2 Å². The third-order valence-corrected chi connectivity index (χ3v) is 1.60. The van der Waals surface area contributed by atoms with Crippen LogP contribution in [0.2, 0.25) is 0 Å². The third-order valence-electron chi connectivity index (χ3n) is 1.60. The van der Waals surface area contributed by atoms with E-state index in [-0.39, 0.29) is 0 Å². The van der Waals surface area contributed by atoms with Crippen molar-refractivity contribution in [2.45, 2.75) is 6.92 Å². The highest BCUT2D eigenvalue weighted by molar-refractivity contribution is 5.80. The summed E-state index contributed by atoms with van der Waals surface area (Å²) >= 11 is 0. The van der Waals surface area contributed by atoms with Crippen molar-refractivity contribution in [1.29, 1.82) is 0 Å². The molecule has 1 N–H and O–H groups in total. The first-order valence-electron chi connectivity index (χ1n) is 3.12. The molecule has 0 saturated heterocycles. The Bertz CT molecular complexity index is 350. The topological polar surface area (TPSA) is 41.6 Å². The average molecular weight is 133 g/mol. The van der Waals surface area contributed by atoms with E-state index in [2.05, 4.69) is 15.2 Å². The summed E-state index contributed by atoms with van der Waals surface area (Å²) in [6, 6.07) is 0. The van der Waals surface area contributed by atoms with E-state index >= 15 is 0 Å². The van der Waals surface area contributed by atoms with Crippen LogP contribution in [0.25, 0.3) is 10.9 Å². The molecule has 0 atom stereocenters. The molecule has 50 valence electrons. The standard InChI is InChI=1S/C7H7N3/c1-5-2-8-7-4-10-9-3-6(5)7/h2-4,8H,1H3. The fourth-order valence-corrected chi connectivity index (χ4v) is 1.01. The van der Waals surface area contributed by atoms with Gasteiger partial charge in [0.15, 0.2) is 0 Å². The van der Waals surface area contributed by atoms with Gasteiger partial charge in [-0.3, -0.25) is 0 Å². The van der Waals surface area contributed by atoms with Crippen LogP contribution >= 0.6 is 0 Å². The molecule has 0 amide bonds. The van der Waals surface area contributed by atoms with E-state index < -0.39 is 0 Å². The molecule has 10 heavy (non-hydrogen) atoms. The number of hydrogen-bond donors (Lipinski definition) is 1. The predicted octanol–water partition coefficient (Wildman–Crippen LogP) is 1.27. The number of rotatable bonds is 0. The predicted molar refractivity (Wildman–Crippen MR) is 38.6 cm³/mol. The molecule has 0 aliphatic rings. The summed E-state index contributed by atoms with van der Waals surface area (Å²) in [6.07, 6.45) is 5.44. The monoisotopic (exact) mass is 133 g/mol. The van der Waals surface area contributed by atoms with Crippen LogP contribution in [-0.2, 0) is 0 Å². The Morgan fingerprint density at radius 1 is 1.30 bits per heavy atom. The van der Waals surface area contributed by atoms with Crippen molar-refractivity contribution >= 4 is 10.9 Å². The molecule has 0 fully saturated rings. The number of aromatic amines is 1. The van der Waals surface area contributed by atoms with E-state index in [1.54, 1.807) is 12.4 Å². The molecule has 0 spiro atoms. The van der Waals surface area contributed by atoms with Gasteiger partial charge in [-0.05, 0) is 12.5 Å². The van der Waals surface area contributed by atoms with Crippen LogP contribution in [0, 0.1) is 6.92 Å². The third kappa shape index (κ3) is 0.603. The van der Waals surface area contributed by atoms with Crippen molar-refractivity contribution in [2.24, 2.45) is 0 Å². The number of hydrogen-bond acceptors (Lipinski definition) is 2. The van der Waals surface area contributed by atoms with Crippen LogP contribution in [0.5, 0.6) is 0 Å². The zero-order valence-electron chi connectivity index (χ0n) is 5.63. The molecular weight excluding hydrogens is 126 g/mol. The Hall–Kier alpha value is -1.38. The van der Waals surface area contributed by atoms with Gasteiger partial charge < -0.3 is 4.98 Å². The second-order valence-corrected chi connectivity index (χ2v) is 2.29. The summed E-state index contributed by atoms with van der Waals surface area (Å²) in [5.41, 5.74) is 2.26. The van der Waals surface area contributed by atoms with Crippen LogP contribution in [0.3, 0.4) is 0 Å². The first-order chi connectivity index (χ1) is 4.88. The number of nitrogens with zero attached hydrogens (tertiary/aromatic N) is 2. The van der Waals surface area contributed by atoms with Crippen molar-refractivity contribution in [2.75, 3.05) is 0 Å². The fourth-order valence-electron chi connectivity index (χ4n) is 1.01. The van der Waals surface area contributed by atoms with Crippen molar-refractivity contribution in [3.63, 3.8) is 0 Å². The number of aromatic nitrogens is 3. The molecule has 2 heterocycles. The number of H-pyrrole nitrogens is 1. The van der Waals surface area contributed by atoms with Gasteiger partial charge in [0.1, 0.15) is 0 Å². The summed E-state index contributed by atoms with van der Waals surface area (Å²) in [6.45, 7) is 2.04. The van der Waals surface area contributed by atoms with E-state index in [9.17, 15) is 0 Å². The zero-order chi connectivity index (χ0) is 6.97. The van der Waals surface area contributed by atoms with Crippen LogP contribution in [0.15, 0.2) is 18.6 Å². The van der Waals surface area contributed by atoms with Crippen molar-refractivity contribution in [3.8, 4) is 0 Å². The lowest BCUT2D eigenvalue weighted by Gasteiger charge is -1.85. The first-order valence-corrected chi connectivity index (χ1v) is 3.12. The van der Waals surface area contributed by atoms with E-state index in [1.807, 2.05) is 13.1 Å². The first kappa shape index (κ1) is 5.41. The lowest BCUT2D eigenvalue weighted by Crippen LogP contribution is -1.77. The average Bonchev–Trinajstić information content (AvgIpc) is 2.34. The van der Waals surface area contributed by atoms with Gasteiger partial charge in [-0.15, -0.1) is 0 Å². The molecule has 0 unspecified atom stereocenters. The van der Waals surface area contributed by atoms with Crippen molar-refractivity contribution in [1.82, 2.24) is 15.2 Å². The SMILES string of the molecule is Cc1c[nH]c2cnncc12. The van der Waals surface area contributed by atoms with Crippen LogP contribution in [-0.4, -0.2) is 15.2 Å². The molecule has 3 heteroatoms. The van der Waals surface area contributed by atoms with Crippen LogP contribution in [0.4, 0.5) is 0 Å². The fraction of sp³-hybridized carbons (Fsp3) is 0.143. The maximum Gasteiger partial charge on any atom is 0.0737 e. The Balaban J connectivity index is 2.93. The second-order valence-electron chi connectivity index (χ2n) is 2.29. The number of aryl methyl sites for hydroxylation is 1. The van der Waals surface area contributed by atoms with Gasteiger partial charge in [-0.25, -0.2) is 0 Å². The lowest BCUT2D eigenvalue weighted by atomic mass is 10.3. The minimum atomic E-state index is 1.05. The zero-order valence-corrected chi connectivity index (χ0v) is 5.63. The van der Waals surface area contributed by atoms with Gasteiger partial charge >= 0.3 is 0 Å². The highest BCUT2D eigenvalue weighted by Crippen LogP contribution is 2.12. The van der Waals surface area contributed by atoms with Gasteiger partial charge in [0, 0.05) is 11.6 Å². The summed E-state index contributed by atoms with van der Waals surface area (Å²) in [5.74, 6) is 0. The lowest BCUT2D eigenvalue weighted by molar-refractivity contribution is 1.05. The molecule has 0 radical (unpaired) electrons. The maximum absolute atomic E-state index is 3.78. The summed E-state index contributed by atoms with van der Waals surface area (Å²) in [7, 11) is 0. The molecule has 0 saturated carbocycles. The molecule has 0 bridgehead atoms. The quantitative estimate of drug-likeness (QED) is 0.588. The van der Waals surface area contributed by atoms with E-state index in [4.69, 9.17) is 0 Å². The van der Waals surface area contributed by atoms with Gasteiger partial charge in [-0.1, -0.05) is 0 Å². The Morgan fingerprint density at radius 2 is 2.10 bits per heavy atom. The van der Waals surface area contributed by atoms with Gasteiger partial charge in [0.2, 0.25) is 0 Å². The molecule has 0 aromatic carbocycles. The van der Waals surface area contributed by atoms with E-state index in [0.717, 1.165) is 10.9 Å². The Kier molecular flexibility index (Phi) is 0.974. The smallest absolute Gasteiger partial charge is 0.0737 e. The van der Waals surface area contributed by atoms with E-state index in [0.29, 0.717) is 0 Å².